The van der Waals surface area contributed by atoms with Crippen LogP contribution in [0.3, 0.4) is 0 Å². The molecule has 0 aliphatic carbocycles. The third-order valence-electron chi connectivity index (χ3n) is 3.70. The van der Waals surface area contributed by atoms with Crippen molar-refractivity contribution in [2.24, 2.45) is 14.1 Å². The molecule has 22 heavy (non-hydrogen) atoms. The maximum absolute atomic E-state index is 12.6. The summed E-state index contributed by atoms with van der Waals surface area (Å²) in [7, 11) is 3.20. The number of hydrogen-bond acceptors (Lipinski definition) is 3. The van der Waals surface area contributed by atoms with E-state index in [2.05, 4.69) is 0 Å². The van der Waals surface area contributed by atoms with Crippen LogP contribution < -0.4 is 21.8 Å². The first kappa shape index (κ1) is 14.1. The molecule has 0 N–H and O–H groups in total. The molecule has 2 heterocycles. The summed E-state index contributed by atoms with van der Waals surface area (Å²) in [6.07, 6.45) is 5.57. The van der Waals surface area contributed by atoms with Crippen LogP contribution in [0.2, 0.25) is 0 Å². The molecule has 0 fully saturated rings. The van der Waals surface area contributed by atoms with E-state index in [4.69, 9.17) is 4.74 Å². The average molecular weight is 296 g/mol. The van der Waals surface area contributed by atoms with Gasteiger partial charge in [0.05, 0.1) is 6.26 Å². The Morgan fingerprint density at radius 3 is 2.41 bits per heavy atom. The van der Waals surface area contributed by atoms with Crippen molar-refractivity contribution in [1.82, 2.24) is 9.13 Å². The standard InChI is InChI=1S/C17H16N2O3/c1-18-13(11-12-7-4-3-5-8-12)16(20)19(2)15(17(18)21)14-9-6-10-22-14/h3-8,10-11H,9H2,1-2H3/b13-11-,15-14-. The van der Waals surface area contributed by atoms with Crippen molar-refractivity contribution in [1.29, 1.82) is 0 Å². The quantitative estimate of drug-likeness (QED) is 0.742. The fourth-order valence-electron chi connectivity index (χ4n) is 2.49. The maximum Gasteiger partial charge on any atom is 0.278 e. The Hall–Kier alpha value is -2.82. The van der Waals surface area contributed by atoms with Crippen LogP contribution in [0.15, 0.2) is 52.3 Å². The van der Waals surface area contributed by atoms with Gasteiger partial charge in [0.25, 0.3) is 11.1 Å². The summed E-state index contributed by atoms with van der Waals surface area (Å²) in [6, 6.07) is 9.44. The van der Waals surface area contributed by atoms with Crippen LogP contribution >= 0.6 is 0 Å². The minimum atomic E-state index is -0.247. The second-order valence-corrected chi connectivity index (χ2v) is 5.13. The van der Waals surface area contributed by atoms with Gasteiger partial charge in [0, 0.05) is 20.5 Å². The molecule has 5 nitrogen and oxygen atoms in total. The Bertz CT molecular complexity index is 970. The van der Waals surface area contributed by atoms with Gasteiger partial charge in [-0.25, -0.2) is 0 Å². The largest absolute Gasteiger partial charge is 0.467 e. The van der Waals surface area contributed by atoms with Crippen molar-refractivity contribution >= 4 is 11.8 Å². The predicted molar refractivity (Wildman–Crippen MR) is 84.4 cm³/mol. The molecule has 112 valence electrons. The topological polar surface area (TPSA) is 53.2 Å². The molecule has 1 aliphatic rings. The van der Waals surface area contributed by atoms with Crippen LogP contribution in [0.1, 0.15) is 12.0 Å². The highest BCUT2D eigenvalue weighted by Crippen LogP contribution is 2.10. The summed E-state index contributed by atoms with van der Waals surface area (Å²) in [6.45, 7) is 0. The Morgan fingerprint density at radius 2 is 1.77 bits per heavy atom. The van der Waals surface area contributed by atoms with Crippen LogP contribution in [0.5, 0.6) is 0 Å². The normalized spacial score (nSPS) is 16.9. The zero-order valence-electron chi connectivity index (χ0n) is 12.4. The maximum atomic E-state index is 12.6. The molecule has 0 radical (unpaired) electrons. The van der Waals surface area contributed by atoms with Gasteiger partial charge in [-0.2, -0.15) is 0 Å². The van der Waals surface area contributed by atoms with E-state index >= 15 is 0 Å². The van der Waals surface area contributed by atoms with E-state index in [1.807, 2.05) is 36.4 Å². The smallest absolute Gasteiger partial charge is 0.278 e. The number of ether oxygens (including phenoxy) is 1. The van der Waals surface area contributed by atoms with Gasteiger partial charge in [-0.15, -0.1) is 0 Å². The zero-order valence-corrected chi connectivity index (χ0v) is 12.4. The lowest BCUT2D eigenvalue weighted by Gasteiger charge is -2.07. The van der Waals surface area contributed by atoms with Crippen molar-refractivity contribution in [3.05, 3.63) is 79.6 Å². The van der Waals surface area contributed by atoms with Crippen molar-refractivity contribution < 1.29 is 4.74 Å². The summed E-state index contributed by atoms with van der Waals surface area (Å²) in [5.74, 6) is 0.506. The van der Waals surface area contributed by atoms with Crippen molar-refractivity contribution in [3.63, 3.8) is 0 Å². The summed E-state index contributed by atoms with van der Waals surface area (Å²) in [5.41, 5.74) is 0.390. The van der Waals surface area contributed by atoms with Crippen LogP contribution in [0, 0.1) is 0 Å². The van der Waals surface area contributed by atoms with E-state index < -0.39 is 0 Å². The van der Waals surface area contributed by atoms with E-state index in [0.717, 1.165) is 5.56 Å². The van der Waals surface area contributed by atoms with Gasteiger partial charge in [0.15, 0.2) is 0 Å². The van der Waals surface area contributed by atoms with Crippen LogP contribution in [-0.4, -0.2) is 9.13 Å². The van der Waals surface area contributed by atoms with Crippen molar-refractivity contribution in [2.75, 3.05) is 0 Å². The van der Waals surface area contributed by atoms with Gasteiger partial charge < -0.3 is 13.9 Å². The molecule has 5 heteroatoms. The van der Waals surface area contributed by atoms with Gasteiger partial charge in [-0.05, 0) is 17.7 Å². The first-order valence-electron chi connectivity index (χ1n) is 6.97. The van der Waals surface area contributed by atoms with Crippen molar-refractivity contribution in [2.45, 2.75) is 6.42 Å². The molecule has 0 amide bonds. The van der Waals surface area contributed by atoms with Gasteiger partial charge in [0.1, 0.15) is 16.5 Å². The second-order valence-electron chi connectivity index (χ2n) is 5.13. The number of hydrogen-bond donors (Lipinski definition) is 0. The SMILES string of the molecule is Cn1c(=O)/c(=C2\CC=CO2)n(C)c(=O)/c1=C/c1ccccc1. The number of benzene rings is 1. The third-order valence-corrected chi connectivity index (χ3v) is 3.70. The van der Waals surface area contributed by atoms with E-state index in [9.17, 15) is 9.59 Å². The molecule has 3 rings (SSSR count). The van der Waals surface area contributed by atoms with Gasteiger partial charge in [-0.1, -0.05) is 30.3 Å². The highest BCUT2D eigenvalue weighted by molar-refractivity contribution is 5.48. The highest BCUT2D eigenvalue weighted by Gasteiger charge is 2.12. The molecule has 2 aromatic rings. The average Bonchev–Trinajstić information content (AvgIpc) is 3.05. The highest BCUT2D eigenvalue weighted by atomic mass is 16.5. The first-order valence-corrected chi connectivity index (χ1v) is 6.97. The fraction of sp³-hybridized carbons (Fsp3) is 0.176. The van der Waals surface area contributed by atoms with Crippen LogP contribution in [-0.2, 0) is 18.8 Å². The molecule has 0 saturated carbocycles. The molecular formula is C17H16N2O3. The lowest BCUT2D eigenvalue weighted by atomic mass is 10.2. The number of nitrogens with zero attached hydrogens (tertiary/aromatic N) is 2. The van der Waals surface area contributed by atoms with Gasteiger partial charge in [0.2, 0.25) is 0 Å². The van der Waals surface area contributed by atoms with E-state index in [-0.39, 0.29) is 11.1 Å². The molecule has 0 saturated heterocycles. The number of aromatic nitrogens is 2. The van der Waals surface area contributed by atoms with E-state index in [1.165, 1.54) is 15.4 Å². The third kappa shape index (κ3) is 2.30. The summed E-state index contributed by atoms with van der Waals surface area (Å²) in [5, 5.41) is 0.636. The summed E-state index contributed by atoms with van der Waals surface area (Å²) in [4.78, 5) is 25.2. The molecule has 0 atom stereocenters. The molecule has 0 unspecified atom stereocenters. The first-order chi connectivity index (χ1) is 10.6. The molecular weight excluding hydrogens is 280 g/mol. The van der Waals surface area contributed by atoms with Crippen LogP contribution in [0.4, 0.5) is 0 Å². The van der Waals surface area contributed by atoms with E-state index in [0.29, 0.717) is 22.9 Å². The second kappa shape index (κ2) is 5.52. The molecule has 1 aromatic heterocycles. The number of rotatable bonds is 1. The Kier molecular flexibility index (Phi) is 3.55. The summed E-state index contributed by atoms with van der Waals surface area (Å²) < 4.78 is 8.06. The minimum absolute atomic E-state index is 0.232. The molecule has 1 aromatic carbocycles. The monoisotopic (exact) mass is 296 g/mol. The molecule has 1 aliphatic heterocycles. The van der Waals surface area contributed by atoms with Crippen LogP contribution in [0.25, 0.3) is 11.8 Å². The zero-order chi connectivity index (χ0) is 15.7. The minimum Gasteiger partial charge on any atom is -0.467 e. The fourth-order valence-corrected chi connectivity index (χ4v) is 2.49. The Morgan fingerprint density at radius 1 is 1.05 bits per heavy atom. The summed E-state index contributed by atoms with van der Waals surface area (Å²) >= 11 is 0. The van der Waals surface area contributed by atoms with E-state index in [1.54, 1.807) is 20.2 Å². The Labute approximate surface area is 126 Å². The molecule has 0 bridgehead atoms. The predicted octanol–water partition coefficient (Wildman–Crippen LogP) is -0.0450. The lowest BCUT2D eigenvalue weighted by molar-refractivity contribution is 0.433. The van der Waals surface area contributed by atoms with Crippen molar-refractivity contribution in [3.8, 4) is 0 Å². The van der Waals surface area contributed by atoms with Gasteiger partial charge >= 0.3 is 0 Å². The van der Waals surface area contributed by atoms with Gasteiger partial charge in [-0.3, -0.25) is 9.59 Å². The molecule has 0 spiro atoms. The lowest BCUT2D eigenvalue weighted by Crippen LogP contribution is -2.57. The Balaban J connectivity index is 2.38.